The maximum atomic E-state index is 9.79. The summed E-state index contributed by atoms with van der Waals surface area (Å²) < 4.78 is 0. The Labute approximate surface area is 81.9 Å². The van der Waals surface area contributed by atoms with Crippen molar-refractivity contribution >= 4 is 0 Å². The number of aliphatic hydroxyl groups excluding tert-OH is 1. The van der Waals surface area contributed by atoms with Gasteiger partial charge in [0.15, 0.2) is 0 Å². The molecule has 0 radical (unpaired) electrons. The third-order valence-electron chi connectivity index (χ3n) is 3.44. The Morgan fingerprint density at radius 3 is 2.46 bits per heavy atom. The van der Waals surface area contributed by atoms with Gasteiger partial charge in [-0.25, -0.2) is 0 Å². The van der Waals surface area contributed by atoms with E-state index in [1.807, 2.05) is 0 Å². The molecule has 0 spiro atoms. The molecule has 0 aliphatic heterocycles. The average molecular weight is 185 g/mol. The van der Waals surface area contributed by atoms with E-state index in [0.29, 0.717) is 6.04 Å². The van der Waals surface area contributed by atoms with E-state index < -0.39 is 0 Å². The van der Waals surface area contributed by atoms with Crippen molar-refractivity contribution in [3.8, 4) is 0 Å². The van der Waals surface area contributed by atoms with Crippen LogP contribution in [0.5, 0.6) is 0 Å². The standard InChI is InChI=1S/C11H23NO/c1-4-6-11(13)12(3)10-8-7-9(10)5-2/h9-11,13H,4-8H2,1-3H3. The molecule has 0 bridgehead atoms. The monoisotopic (exact) mass is 185 g/mol. The number of nitrogens with zero attached hydrogens (tertiary/aromatic N) is 1. The summed E-state index contributed by atoms with van der Waals surface area (Å²) in [6.45, 7) is 4.37. The van der Waals surface area contributed by atoms with E-state index in [2.05, 4.69) is 25.8 Å². The Balaban J connectivity index is 2.33. The smallest absolute Gasteiger partial charge is 0.107 e. The summed E-state index contributed by atoms with van der Waals surface area (Å²) in [5.41, 5.74) is 0. The van der Waals surface area contributed by atoms with E-state index in [-0.39, 0.29) is 6.23 Å². The summed E-state index contributed by atoms with van der Waals surface area (Å²) in [7, 11) is 2.06. The Morgan fingerprint density at radius 1 is 1.38 bits per heavy atom. The molecule has 13 heavy (non-hydrogen) atoms. The highest BCUT2D eigenvalue weighted by Gasteiger charge is 2.34. The van der Waals surface area contributed by atoms with Crippen LogP contribution in [0.25, 0.3) is 0 Å². The first-order valence-corrected chi connectivity index (χ1v) is 5.60. The van der Waals surface area contributed by atoms with Crippen LogP contribution in [0.3, 0.4) is 0 Å². The zero-order valence-electron chi connectivity index (χ0n) is 9.16. The van der Waals surface area contributed by atoms with E-state index >= 15 is 0 Å². The van der Waals surface area contributed by atoms with E-state index in [1.54, 1.807) is 0 Å². The molecule has 1 aliphatic carbocycles. The van der Waals surface area contributed by atoms with Gasteiger partial charge >= 0.3 is 0 Å². The first kappa shape index (κ1) is 11.0. The molecule has 1 rings (SSSR count). The van der Waals surface area contributed by atoms with Crippen LogP contribution >= 0.6 is 0 Å². The van der Waals surface area contributed by atoms with Gasteiger partial charge < -0.3 is 5.11 Å². The van der Waals surface area contributed by atoms with Crippen molar-refractivity contribution in [2.24, 2.45) is 5.92 Å². The Hall–Kier alpha value is -0.0800. The molecule has 0 aromatic carbocycles. The van der Waals surface area contributed by atoms with E-state index in [9.17, 15) is 5.11 Å². The van der Waals surface area contributed by atoms with Crippen LogP contribution in [0.4, 0.5) is 0 Å². The first-order valence-electron chi connectivity index (χ1n) is 5.60. The van der Waals surface area contributed by atoms with Crippen molar-refractivity contribution in [2.45, 2.75) is 58.2 Å². The topological polar surface area (TPSA) is 23.5 Å². The number of hydrogen-bond acceptors (Lipinski definition) is 2. The molecule has 3 unspecified atom stereocenters. The largest absolute Gasteiger partial charge is 0.378 e. The molecule has 78 valence electrons. The second-order valence-electron chi connectivity index (χ2n) is 4.25. The minimum absolute atomic E-state index is 0.218. The zero-order valence-corrected chi connectivity index (χ0v) is 9.16. The minimum atomic E-state index is -0.218. The maximum absolute atomic E-state index is 9.79. The zero-order chi connectivity index (χ0) is 9.84. The fourth-order valence-corrected chi connectivity index (χ4v) is 2.25. The van der Waals surface area contributed by atoms with Gasteiger partial charge in [-0.15, -0.1) is 0 Å². The Morgan fingerprint density at radius 2 is 2.08 bits per heavy atom. The van der Waals surface area contributed by atoms with Crippen molar-refractivity contribution in [2.75, 3.05) is 7.05 Å². The summed E-state index contributed by atoms with van der Waals surface area (Å²) in [5, 5.41) is 9.79. The highest BCUT2D eigenvalue weighted by Crippen LogP contribution is 2.34. The van der Waals surface area contributed by atoms with E-state index in [0.717, 1.165) is 18.8 Å². The van der Waals surface area contributed by atoms with Crippen LogP contribution in [-0.4, -0.2) is 29.3 Å². The molecule has 0 saturated heterocycles. The lowest BCUT2D eigenvalue weighted by molar-refractivity contribution is -0.0570. The Bertz CT molecular complexity index is 147. The van der Waals surface area contributed by atoms with Gasteiger partial charge in [0.25, 0.3) is 0 Å². The molecule has 1 fully saturated rings. The van der Waals surface area contributed by atoms with Crippen LogP contribution in [0.2, 0.25) is 0 Å². The fraction of sp³-hybridized carbons (Fsp3) is 1.00. The summed E-state index contributed by atoms with van der Waals surface area (Å²) in [4.78, 5) is 2.17. The van der Waals surface area contributed by atoms with Crippen molar-refractivity contribution in [1.82, 2.24) is 4.90 Å². The van der Waals surface area contributed by atoms with Crippen LogP contribution < -0.4 is 0 Å². The van der Waals surface area contributed by atoms with Crippen LogP contribution in [-0.2, 0) is 0 Å². The van der Waals surface area contributed by atoms with Gasteiger partial charge in [-0.2, -0.15) is 0 Å². The third kappa shape index (κ3) is 2.44. The molecule has 2 nitrogen and oxygen atoms in total. The molecule has 1 saturated carbocycles. The lowest BCUT2D eigenvalue weighted by Crippen LogP contribution is -2.49. The van der Waals surface area contributed by atoms with Gasteiger partial charge in [0.1, 0.15) is 6.23 Å². The Kier molecular flexibility index (Phi) is 4.20. The van der Waals surface area contributed by atoms with Gasteiger partial charge in [-0.3, -0.25) is 4.90 Å². The van der Waals surface area contributed by atoms with Gasteiger partial charge in [-0.1, -0.05) is 26.7 Å². The van der Waals surface area contributed by atoms with Gasteiger partial charge in [0, 0.05) is 6.04 Å². The molecule has 2 heteroatoms. The lowest BCUT2D eigenvalue weighted by atomic mass is 9.77. The predicted octanol–water partition coefficient (Wildman–Crippen LogP) is 2.23. The second kappa shape index (κ2) is 4.97. The molecular weight excluding hydrogens is 162 g/mol. The second-order valence-corrected chi connectivity index (χ2v) is 4.25. The van der Waals surface area contributed by atoms with Crippen molar-refractivity contribution < 1.29 is 5.11 Å². The predicted molar refractivity (Wildman–Crippen MR) is 55.5 cm³/mol. The minimum Gasteiger partial charge on any atom is -0.378 e. The molecule has 1 aliphatic rings. The lowest BCUT2D eigenvalue weighted by Gasteiger charge is -2.44. The molecular formula is C11H23NO. The van der Waals surface area contributed by atoms with Crippen molar-refractivity contribution in [3.05, 3.63) is 0 Å². The molecule has 0 amide bonds. The normalized spacial score (nSPS) is 30.2. The fourth-order valence-electron chi connectivity index (χ4n) is 2.25. The molecule has 3 atom stereocenters. The first-order chi connectivity index (χ1) is 6.20. The molecule has 1 N–H and O–H groups in total. The molecule has 0 aromatic heterocycles. The quantitative estimate of drug-likeness (QED) is 0.664. The number of hydrogen-bond donors (Lipinski definition) is 1. The molecule has 0 aromatic rings. The van der Waals surface area contributed by atoms with Gasteiger partial charge in [-0.05, 0) is 32.2 Å². The van der Waals surface area contributed by atoms with Crippen LogP contribution in [0.1, 0.15) is 46.0 Å². The van der Waals surface area contributed by atoms with Gasteiger partial charge in [0.05, 0.1) is 0 Å². The van der Waals surface area contributed by atoms with E-state index in [4.69, 9.17) is 0 Å². The van der Waals surface area contributed by atoms with Gasteiger partial charge in [0.2, 0.25) is 0 Å². The summed E-state index contributed by atoms with van der Waals surface area (Å²) in [5.74, 6) is 0.830. The number of rotatable bonds is 5. The van der Waals surface area contributed by atoms with Crippen molar-refractivity contribution in [1.29, 1.82) is 0 Å². The number of aliphatic hydroxyl groups is 1. The maximum Gasteiger partial charge on any atom is 0.107 e. The molecule has 0 heterocycles. The summed E-state index contributed by atoms with van der Waals surface area (Å²) in [6, 6.07) is 0.645. The van der Waals surface area contributed by atoms with Crippen LogP contribution in [0, 0.1) is 5.92 Å². The SMILES string of the molecule is CCCC(O)N(C)C1CCC1CC. The third-order valence-corrected chi connectivity index (χ3v) is 3.44. The van der Waals surface area contributed by atoms with Crippen LogP contribution in [0.15, 0.2) is 0 Å². The summed E-state index contributed by atoms with van der Waals surface area (Å²) in [6.07, 6.45) is 5.64. The van der Waals surface area contributed by atoms with Crippen molar-refractivity contribution in [3.63, 3.8) is 0 Å². The van der Waals surface area contributed by atoms with E-state index in [1.165, 1.54) is 19.3 Å². The highest BCUT2D eigenvalue weighted by atomic mass is 16.3. The summed E-state index contributed by atoms with van der Waals surface area (Å²) >= 11 is 0. The average Bonchev–Trinajstić information content (AvgIpc) is 2.03. The highest BCUT2D eigenvalue weighted by molar-refractivity contribution is 4.87.